The molecule has 2 aliphatic carbocycles. The van der Waals surface area contributed by atoms with Gasteiger partial charge in [-0.25, -0.2) is 8.42 Å². The van der Waals surface area contributed by atoms with Gasteiger partial charge in [-0.1, -0.05) is 30.7 Å². The first-order valence-corrected chi connectivity index (χ1v) is 14.3. The molecule has 3 N–H and O–H groups in total. The highest BCUT2D eigenvalue weighted by atomic mass is 32.2. The molecule has 0 radical (unpaired) electrons. The van der Waals surface area contributed by atoms with Crippen molar-refractivity contribution in [2.75, 3.05) is 11.1 Å². The number of fused-ring (bicyclic) bond motifs is 1. The summed E-state index contributed by atoms with van der Waals surface area (Å²) in [6.07, 6.45) is 6.77. The SMILES string of the molecule is O=C(N[C@@H]1C=CS(=O)(=O)C1)c1cc2ccc(C3CCC3)c(C(=O)Nc3cccc(C4CC4)c3)c2[nH]c1=O. The molecule has 0 unspecified atom stereocenters. The Balaban J connectivity index is 1.35. The van der Waals surface area contributed by atoms with Crippen LogP contribution in [0, 0.1) is 0 Å². The maximum atomic E-state index is 13.6. The Labute approximate surface area is 214 Å². The first-order valence-electron chi connectivity index (χ1n) is 12.6. The number of H-pyrrole nitrogens is 1. The molecule has 0 saturated heterocycles. The molecule has 0 bridgehead atoms. The number of benzene rings is 2. The zero-order chi connectivity index (χ0) is 25.7. The molecule has 37 heavy (non-hydrogen) atoms. The molecule has 9 heteroatoms. The Morgan fingerprint density at radius 1 is 0.946 bits per heavy atom. The topological polar surface area (TPSA) is 125 Å². The summed E-state index contributed by atoms with van der Waals surface area (Å²) >= 11 is 0. The molecule has 1 aliphatic heterocycles. The van der Waals surface area contributed by atoms with Gasteiger partial charge in [-0.3, -0.25) is 14.4 Å². The Hall–Kier alpha value is -3.72. The lowest BCUT2D eigenvalue weighted by atomic mass is 9.77. The van der Waals surface area contributed by atoms with Gasteiger partial charge < -0.3 is 15.6 Å². The Morgan fingerprint density at radius 2 is 1.76 bits per heavy atom. The quantitative estimate of drug-likeness (QED) is 0.456. The van der Waals surface area contributed by atoms with Gasteiger partial charge in [0.1, 0.15) is 5.56 Å². The van der Waals surface area contributed by atoms with Crippen LogP contribution in [0.1, 0.15) is 75.8 Å². The molecule has 2 heterocycles. The van der Waals surface area contributed by atoms with E-state index in [-0.39, 0.29) is 23.1 Å². The molecule has 190 valence electrons. The minimum Gasteiger partial charge on any atom is -0.345 e. The van der Waals surface area contributed by atoms with E-state index in [2.05, 4.69) is 21.7 Å². The van der Waals surface area contributed by atoms with Crippen molar-refractivity contribution in [3.05, 3.63) is 86.6 Å². The van der Waals surface area contributed by atoms with Gasteiger partial charge in [0.25, 0.3) is 17.4 Å². The molecule has 2 saturated carbocycles. The van der Waals surface area contributed by atoms with Crippen molar-refractivity contribution >= 4 is 38.2 Å². The minimum absolute atomic E-state index is 0.134. The van der Waals surface area contributed by atoms with Crippen molar-refractivity contribution in [2.45, 2.75) is 50.0 Å². The van der Waals surface area contributed by atoms with E-state index in [1.807, 2.05) is 30.3 Å². The molecule has 2 amide bonds. The molecular weight excluding hydrogens is 490 g/mol. The minimum atomic E-state index is -3.35. The number of hydrogen-bond acceptors (Lipinski definition) is 5. The second-order valence-corrected chi connectivity index (χ2v) is 12.2. The maximum absolute atomic E-state index is 13.6. The van der Waals surface area contributed by atoms with E-state index >= 15 is 0 Å². The summed E-state index contributed by atoms with van der Waals surface area (Å²) in [5.74, 6) is -0.400. The predicted octanol–water partition coefficient (Wildman–Crippen LogP) is 3.97. The van der Waals surface area contributed by atoms with Crippen molar-refractivity contribution in [1.82, 2.24) is 10.3 Å². The second kappa shape index (κ2) is 8.99. The third-order valence-electron chi connectivity index (χ3n) is 7.51. The summed E-state index contributed by atoms with van der Waals surface area (Å²) in [4.78, 5) is 42.3. The van der Waals surface area contributed by atoms with Gasteiger partial charge in [0.2, 0.25) is 0 Å². The van der Waals surface area contributed by atoms with Gasteiger partial charge in [-0.2, -0.15) is 0 Å². The van der Waals surface area contributed by atoms with Crippen LogP contribution in [0.25, 0.3) is 10.9 Å². The monoisotopic (exact) mass is 517 g/mol. The average Bonchev–Trinajstić information content (AvgIpc) is 3.61. The summed E-state index contributed by atoms with van der Waals surface area (Å²) in [7, 11) is -3.35. The molecule has 6 rings (SSSR count). The first-order chi connectivity index (χ1) is 17.8. The van der Waals surface area contributed by atoms with E-state index < -0.39 is 27.3 Å². The Bertz CT molecular complexity index is 1630. The average molecular weight is 518 g/mol. The van der Waals surface area contributed by atoms with Crippen LogP contribution in [-0.4, -0.2) is 37.0 Å². The van der Waals surface area contributed by atoms with Gasteiger partial charge in [0.15, 0.2) is 9.84 Å². The van der Waals surface area contributed by atoms with Crippen LogP contribution in [0.2, 0.25) is 0 Å². The highest BCUT2D eigenvalue weighted by Gasteiger charge is 2.29. The predicted molar refractivity (Wildman–Crippen MR) is 142 cm³/mol. The van der Waals surface area contributed by atoms with Crippen LogP contribution < -0.4 is 16.2 Å². The van der Waals surface area contributed by atoms with Gasteiger partial charge >= 0.3 is 0 Å². The standard InChI is InChI=1S/C28H27N3O5S/c32-26(30-21-11-12-37(35,36)15-21)23-14-19-9-10-22(17-3-1-4-17)24(25(19)31-27(23)33)28(34)29-20-6-2-5-18(13-20)16-7-8-16/h2,5-6,9-14,16-17,21H,1,3-4,7-8,15H2,(H,29,34)(H,30,32)(H,31,33)/t21-/m1/s1. The fraction of sp³-hybridized carbons (Fsp3) is 0.321. The molecule has 2 fully saturated rings. The van der Waals surface area contributed by atoms with Crippen LogP contribution in [0.15, 0.2) is 58.7 Å². The fourth-order valence-corrected chi connectivity index (χ4v) is 6.39. The molecule has 2 aromatic carbocycles. The van der Waals surface area contributed by atoms with Gasteiger partial charge in [0, 0.05) is 11.1 Å². The number of sulfone groups is 1. The van der Waals surface area contributed by atoms with Crippen LogP contribution in [-0.2, 0) is 9.84 Å². The normalized spacial score (nSPS) is 20.5. The summed E-state index contributed by atoms with van der Waals surface area (Å²) in [5, 5.41) is 7.23. The number of hydrogen-bond donors (Lipinski definition) is 3. The highest BCUT2D eigenvalue weighted by Crippen LogP contribution is 2.41. The lowest BCUT2D eigenvalue weighted by Crippen LogP contribution is -2.38. The van der Waals surface area contributed by atoms with E-state index in [0.717, 1.165) is 43.1 Å². The van der Waals surface area contributed by atoms with Crippen molar-refractivity contribution < 1.29 is 18.0 Å². The second-order valence-electron chi connectivity index (χ2n) is 10.2. The number of aromatic nitrogens is 1. The number of aromatic amines is 1. The first kappa shape index (κ1) is 23.7. The number of anilines is 1. The van der Waals surface area contributed by atoms with E-state index in [0.29, 0.717) is 28.1 Å². The molecule has 3 aromatic rings. The zero-order valence-electron chi connectivity index (χ0n) is 20.1. The van der Waals surface area contributed by atoms with Crippen molar-refractivity contribution in [3.63, 3.8) is 0 Å². The maximum Gasteiger partial charge on any atom is 0.261 e. The van der Waals surface area contributed by atoms with Crippen molar-refractivity contribution in [2.24, 2.45) is 0 Å². The van der Waals surface area contributed by atoms with Gasteiger partial charge in [0.05, 0.1) is 22.9 Å². The number of pyridine rings is 1. The highest BCUT2D eigenvalue weighted by molar-refractivity contribution is 7.94. The molecular formula is C28H27N3O5S. The Morgan fingerprint density at radius 3 is 2.43 bits per heavy atom. The van der Waals surface area contributed by atoms with Gasteiger partial charge in [-0.15, -0.1) is 0 Å². The van der Waals surface area contributed by atoms with Crippen LogP contribution in [0.4, 0.5) is 5.69 Å². The number of amides is 2. The largest absolute Gasteiger partial charge is 0.345 e. The zero-order valence-corrected chi connectivity index (χ0v) is 20.9. The fourth-order valence-electron chi connectivity index (χ4n) is 5.16. The molecule has 0 spiro atoms. The number of carbonyl (C=O) groups is 2. The van der Waals surface area contributed by atoms with E-state index in [4.69, 9.17) is 0 Å². The summed E-state index contributed by atoms with van der Waals surface area (Å²) in [6.45, 7) is 0. The van der Waals surface area contributed by atoms with Crippen LogP contribution >= 0.6 is 0 Å². The number of nitrogens with one attached hydrogen (secondary N) is 3. The molecule has 1 atom stereocenters. The lowest BCUT2D eigenvalue weighted by Gasteiger charge is -2.28. The third-order valence-corrected chi connectivity index (χ3v) is 8.90. The van der Waals surface area contributed by atoms with Gasteiger partial charge in [-0.05, 0) is 78.3 Å². The van der Waals surface area contributed by atoms with E-state index in [1.165, 1.54) is 17.7 Å². The Kier molecular flexibility index (Phi) is 5.75. The summed E-state index contributed by atoms with van der Waals surface area (Å²) in [6, 6.07) is 12.4. The summed E-state index contributed by atoms with van der Waals surface area (Å²) in [5.41, 5.74) is 2.87. The lowest BCUT2D eigenvalue weighted by molar-refractivity contribution is 0.0945. The van der Waals surface area contributed by atoms with Crippen LogP contribution in [0.5, 0.6) is 0 Å². The van der Waals surface area contributed by atoms with E-state index in [1.54, 1.807) is 0 Å². The van der Waals surface area contributed by atoms with Crippen molar-refractivity contribution in [3.8, 4) is 0 Å². The molecule has 1 aromatic heterocycles. The molecule has 8 nitrogen and oxygen atoms in total. The van der Waals surface area contributed by atoms with Crippen LogP contribution in [0.3, 0.4) is 0 Å². The van der Waals surface area contributed by atoms with E-state index in [9.17, 15) is 22.8 Å². The molecule has 3 aliphatic rings. The third kappa shape index (κ3) is 4.71. The smallest absolute Gasteiger partial charge is 0.261 e. The summed E-state index contributed by atoms with van der Waals surface area (Å²) < 4.78 is 23.3. The number of carbonyl (C=O) groups excluding carboxylic acids is 2. The number of rotatable bonds is 6. The van der Waals surface area contributed by atoms with Crippen molar-refractivity contribution in [1.29, 1.82) is 0 Å².